The first-order valence-electron chi connectivity index (χ1n) is 7.74. The van der Waals surface area contributed by atoms with Gasteiger partial charge in [0, 0.05) is 17.0 Å². The lowest BCUT2D eigenvalue weighted by Crippen LogP contribution is -2.09. The first-order chi connectivity index (χ1) is 12.9. The van der Waals surface area contributed by atoms with Gasteiger partial charge in [-0.3, -0.25) is 4.79 Å². The molecule has 136 valence electrons. The van der Waals surface area contributed by atoms with Crippen LogP contribution in [-0.2, 0) is 10.1 Å². The number of Topliss-reactive ketones (excluding diaryl/α,β-unsaturated/α-hetero) is 1. The van der Waals surface area contributed by atoms with Gasteiger partial charge >= 0.3 is 10.1 Å². The number of halogens is 1. The summed E-state index contributed by atoms with van der Waals surface area (Å²) in [5.41, 5.74) is 0.323. The van der Waals surface area contributed by atoms with Gasteiger partial charge in [-0.25, -0.2) is 4.39 Å². The monoisotopic (exact) mass is 402 g/mol. The standard InChI is InChI=1S/C19H11FO5S2/c20-12-3-6-15(7-4-12)27(22,23)25-13-5-8-16-17(10-13)24-18(19(16)21)11-14-2-1-9-26-14/h1-11H. The van der Waals surface area contributed by atoms with Crippen molar-refractivity contribution in [3.8, 4) is 11.5 Å². The van der Waals surface area contributed by atoms with E-state index in [4.69, 9.17) is 8.92 Å². The molecule has 0 bridgehead atoms. The van der Waals surface area contributed by atoms with Crippen molar-refractivity contribution in [2.75, 3.05) is 0 Å². The van der Waals surface area contributed by atoms with E-state index in [1.165, 1.54) is 29.5 Å². The molecule has 0 N–H and O–H groups in total. The Balaban J connectivity index is 1.60. The van der Waals surface area contributed by atoms with Crippen molar-refractivity contribution in [2.45, 2.75) is 4.90 Å². The third kappa shape index (κ3) is 3.49. The van der Waals surface area contributed by atoms with E-state index < -0.39 is 15.9 Å². The molecule has 3 aromatic rings. The Bertz CT molecular complexity index is 1150. The minimum atomic E-state index is -4.14. The van der Waals surface area contributed by atoms with Crippen LogP contribution >= 0.6 is 11.3 Å². The third-order valence-corrected chi connectivity index (χ3v) is 5.85. The molecule has 1 aliphatic heterocycles. The summed E-state index contributed by atoms with van der Waals surface area (Å²) in [4.78, 5) is 13.1. The fraction of sp³-hybridized carbons (Fsp3) is 0. The smallest absolute Gasteiger partial charge is 0.339 e. The summed E-state index contributed by atoms with van der Waals surface area (Å²) >= 11 is 1.46. The second-order valence-corrected chi connectivity index (χ2v) is 8.13. The minimum Gasteiger partial charge on any atom is -0.452 e. The molecule has 5 nitrogen and oxygen atoms in total. The molecule has 4 rings (SSSR count). The molecule has 0 amide bonds. The highest BCUT2D eigenvalue weighted by molar-refractivity contribution is 7.87. The Hall–Kier alpha value is -2.97. The molecular formula is C19H11FO5S2. The van der Waals surface area contributed by atoms with Crippen molar-refractivity contribution < 1.29 is 26.5 Å². The number of ether oxygens (including phenoxy) is 1. The number of hydrogen-bond donors (Lipinski definition) is 0. The lowest BCUT2D eigenvalue weighted by atomic mass is 10.1. The lowest BCUT2D eigenvalue weighted by molar-refractivity contribution is 0.101. The van der Waals surface area contributed by atoms with Gasteiger partial charge in [0.2, 0.25) is 5.78 Å². The average Bonchev–Trinajstić information content (AvgIpc) is 3.24. The number of fused-ring (bicyclic) bond motifs is 1. The van der Waals surface area contributed by atoms with Crippen molar-refractivity contribution >= 4 is 33.3 Å². The number of carbonyl (C=O) groups is 1. The first kappa shape index (κ1) is 17.4. The van der Waals surface area contributed by atoms with E-state index in [0.29, 0.717) is 5.56 Å². The van der Waals surface area contributed by atoms with E-state index in [9.17, 15) is 17.6 Å². The molecule has 1 aromatic heterocycles. The molecule has 0 aliphatic carbocycles. The number of thiophene rings is 1. The lowest BCUT2D eigenvalue weighted by Gasteiger charge is -2.07. The molecule has 0 spiro atoms. The van der Waals surface area contributed by atoms with Crippen LogP contribution in [0.25, 0.3) is 6.08 Å². The zero-order chi connectivity index (χ0) is 19.0. The van der Waals surface area contributed by atoms with Crippen molar-refractivity contribution in [1.29, 1.82) is 0 Å². The van der Waals surface area contributed by atoms with E-state index in [-0.39, 0.29) is 27.9 Å². The Morgan fingerprint density at radius 1 is 1.07 bits per heavy atom. The highest BCUT2D eigenvalue weighted by Crippen LogP contribution is 2.36. The molecule has 0 saturated heterocycles. The summed E-state index contributed by atoms with van der Waals surface area (Å²) in [5, 5.41) is 1.88. The van der Waals surface area contributed by atoms with Gasteiger partial charge in [-0.2, -0.15) is 8.42 Å². The number of benzene rings is 2. The highest BCUT2D eigenvalue weighted by atomic mass is 32.2. The van der Waals surface area contributed by atoms with Crippen LogP contribution in [0.1, 0.15) is 15.2 Å². The summed E-state index contributed by atoms with van der Waals surface area (Å²) in [6, 6.07) is 12.1. The summed E-state index contributed by atoms with van der Waals surface area (Å²) in [5.74, 6) is -0.473. The fourth-order valence-corrected chi connectivity index (χ4v) is 4.07. The second kappa shape index (κ2) is 6.64. The van der Waals surface area contributed by atoms with Gasteiger partial charge in [-0.1, -0.05) is 6.07 Å². The van der Waals surface area contributed by atoms with E-state index in [2.05, 4.69) is 0 Å². The molecule has 0 saturated carbocycles. The maximum atomic E-state index is 13.0. The molecule has 1 aliphatic rings. The quantitative estimate of drug-likeness (QED) is 0.481. The van der Waals surface area contributed by atoms with Gasteiger partial charge in [0.1, 0.15) is 22.2 Å². The predicted octanol–water partition coefficient (Wildman–Crippen LogP) is 4.27. The van der Waals surface area contributed by atoms with Crippen LogP contribution in [0.3, 0.4) is 0 Å². The van der Waals surface area contributed by atoms with Gasteiger partial charge in [0.15, 0.2) is 5.76 Å². The van der Waals surface area contributed by atoms with E-state index in [1.807, 2.05) is 17.5 Å². The van der Waals surface area contributed by atoms with Crippen LogP contribution in [-0.4, -0.2) is 14.2 Å². The molecule has 0 unspecified atom stereocenters. The molecule has 2 aromatic carbocycles. The van der Waals surface area contributed by atoms with Crippen LogP contribution < -0.4 is 8.92 Å². The van der Waals surface area contributed by atoms with Gasteiger partial charge in [0.05, 0.1) is 5.56 Å². The summed E-state index contributed by atoms with van der Waals surface area (Å²) in [6.07, 6.45) is 1.63. The van der Waals surface area contributed by atoms with Gasteiger partial charge in [-0.15, -0.1) is 11.3 Å². The van der Waals surface area contributed by atoms with E-state index >= 15 is 0 Å². The minimum absolute atomic E-state index is 0.0109. The van der Waals surface area contributed by atoms with Crippen LogP contribution in [0.4, 0.5) is 4.39 Å². The third-order valence-electron chi connectivity index (χ3n) is 3.77. The predicted molar refractivity (Wildman–Crippen MR) is 97.9 cm³/mol. The van der Waals surface area contributed by atoms with Crippen LogP contribution in [0.15, 0.2) is 70.6 Å². The molecule has 27 heavy (non-hydrogen) atoms. The largest absolute Gasteiger partial charge is 0.452 e. The van der Waals surface area contributed by atoms with Gasteiger partial charge in [-0.05, 0) is 47.8 Å². The topological polar surface area (TPSA) is 69.7 Å². The zero-order valence-corrected chi connectivity index (χ0v) is 15.2. The zero-order valence-electron chi connectivity index (χ0n) is 13.6. The number of hydrogen-bond acceptors (Lipinski definition) is 6. The van der Waals surface area contributed by atoms with Gasteiger partial charge in [0.25, 0.3) is 0 Å². The van der Waals surface area contributed by atoms with Crippen LogP contribution in [0, 0.1) is 5.82 Å². The maximum absolute atomic E-state index is 13.0. The molecule has 2 heterocycles. The Kier molecular flexibility index (Phi) is 4.29. The number of carbonyl (C=O) groups excluding carboxylic acids is 1. The normalized spacial score (nSPS) is 14.9. The van der Waals surface area contributed by atoms with Gasteiger partial charge < -0.3 is 8.92 Å². The van der Waals surface area contributed by atoms with Crippen molar-refractivity contribution in [3.05, 3.63) is 82.0 Å². The molecule has 0 fully saturated rings. The van der Waals surface area contributed by atoms with Crippen molar-refractivity contribution in [2.24, 2.45) is 0 Å². The Morgan fingerprint density at radius 3 is 2.56 bits per heavy atom. The Labute approximate surface area is 158 Å². The van der Waals surface area contributed by atoms with E-state index in [0.717, 1.165) is 29.1 Å². The summed E-state index contributed by atoms with van der Waals surface area (Å²) < 4.78 is 48.2. The second-order valence-electron chi connectivity index (χ2n) is 5.60. The SMILES string of the molecule is O=C1C(=Cc2cccs2)Oc2cc(OS(=O)(=O)c3ccc(F)cc3)ccc21. The van der Waals surface area contributed by atoms with Crippen molar-refractivity contribution in [1.82, 2.24) is 0 Å². The van der Waals surface area contributed by atoms with Crippen molar-refractivity contribution in [3.63, 3.8) is 0 Å². The first-order valence-corrected chi connectivity index (χ1v) is 10.0. The molecule has 0 radical (unpaired) electrons. The maximum Gasteiger partial charge on any atom is 0.339 e. The summed E-state index contributed by atoms with van der Waals surface area (Å²) in [6.45, 7) is 0. The number of rotatable bonds is 4. The number of allylic oxidation sites excluding steroid dienone is 1. The number of ketones is 1. The molecular weight excluding hydrogens is 391 g/mol. The van der Waals surface area contributed by atoms with Crippen LogP contribution in [0.2, 0.25) is 0 Å². The average molecular weight is 402 g/mol. The highest BCUT2D eigenvalue weighted by Gasteiger charge is 2.28. The molecule has 8 heteroatoms. The summed E-state index contributed by atoms with van der Waals surface area (Å²) in [7, 11) is -4.14. The fourth-order valence-electron chi connectivity index (χ4n) is 2.50. The van der Waals surface area contributed by atoms with E-state index in [1.54, 1.807) is 6.08 Å². The van der Waals surface area contributed by atoms with Crippen LogP contribution in [0.5, 0.6) is 11.5 Å². The molecule has 0 atom stereocenters. The Morgan fingerprint density at radius 2 is 1.85 bits per heavy atom.